The minimum Gasteiger partial charge on any atom is -0.465 e. The van der Waals surface area contributed by atoms with Crippen LogP contribution in [0.15, 0.2) is 24.3 Å². The number of rotatable bonds is 4. The highest BCUT2D eigenvalue weighted by atomic mass is 16.7. The third kappa shape index (κ3) is 3.34. The summed E-state index contributed by atoms with van der Waals surface area (Å²) in [6.45, 7) is 5.59. The van der Waals surface area contributed by atoms with Crippen LogP contribution < -0.4 is 0 Å². The smallest absolute Gasteiger partial charge is 0.407 e. The molecular formula is C16H20N2O5. The third-order valence-electron chi connectivity index (χ3n) is 3.72. The van der Waals surface area contributed by atoms with Crippen LogP contribution in [-0.4, -0.2) is 52.7 Å². The van der Waals surface area contributed by atoms with Gasteiger partial charge in [0.05, 0.1) is 17.7 Å². The quantitative estimate of drug-likeness (QED) is 0.860. The standard InChI is InChI=1S/C16H20N2O5/c1-16(2,3)12(9-17(4)15(21)22)23-18-13(19)10-7-5-6-8-11(10)14(18)20/h5-8,12H,9H2,1-4H3,(H,21,22). The summed E-state index contributed by atoms with van der Waals surface area (Å²) in [5, 5.41) is 9.76. The molecule has 2 rings (SSSR count). The van der Waals surface area contributed by atoms with Crippen molar-refractivity contribution in [3.63, 3.8) is 0 Å². The second kappa shape index (κ2) is 6.00. The first kappa shape index (κ1) is 17.0. The largest absolute Gasteiger partial charge is 0.465 e. The molecule has 0 saturated heterocycles. The molecule has 0 aliphatic carbocycles. The van der Waals surface area contributed by atoms with Crippen LogP contribution in [0.3, 0.4) is 0 Å². The molecule has 7 heteroatoms. The fraction of sp³-hybridized carbons (Fsp3) is 0.438. The summed E-state index contributed by atoms with van der Waals surface area (Å²) in [7, 11) is 1.41. The second-order valence-corrected chi connectivity index (χ2v) is 6.57. The summed E-state index contributed by atoms with van der Waals surface area (Å²) in [6, 6.07) is 6.47. The Hall–Kier alpha value is -2.41. The Morgan fingerprint density at radius 2 is 1.70 bits per heavy atom. The summed E-state index contributed by atoms with van der Waals surface area (Å²) in [5.41, 5.74) is 0.104. The highest BCUT2D eigenvalue weighted by Crippen LogP contribution is 2.29. The molecule has 1 unspecified atom stereocenters. The molecule has 1 heterocycles. The Bertz CT molecular complexity index is 615. The van der Waals surface area contributed by atoms with Crippen LogP contribution >= 0.6 is 0 Å². The summed E-state index contributed by atoms with van der Waals surface area (Å²) in [4.78, 5) is 42.4. The van der Waals surface area contributed by atoms with Gasteiger partial charge in [-0.05, 0) is 17.5 Å². The summed E-state index contributed by atoms with van der Waals surface area (Å²) >= 11 is 0. The van der Waals surface area contributed by atoms with E-state index in [0.717, 1.165) is 9.96 Å². The van der Waals surface area contributed by atoms with Gasteiger partial charge in [-0.25, -0.2) is 4.79 Å². The van der Waals surface area contributed by atoms with Crippen molar-refractivity contribution in [1.82, 2.24) is 9.96 Å². The average molecular weight is 320 g/mol. The van der Waals surface area contributed by atoms with Crippen LogP contribution in [0, 0.1) is 5.41 Å². The SMILES string of the molecule is CN(CC(ON1C(=O)c2ccccc2C1=O)C(C)(C)C)C(=O)O. The molecule has 23 heavy (non-hydrogen) atoms. The van der Waals surface area contributed by atoms with Gasteiger partial charge in [-0.3, -0.25) is 14.4 Å². The number of hydrogen-bond donors (Lipinski definition) is 1. The maximum Gasteiger partial charge on any atom is 0.407 e. The number of carbonyl (C=O) groups excluding carboxylic acids is 2. The molecule has 0 bridgehead atoms. The van der Waals surface area contributed by atoms with Crippen LogP contribution in [0.5, 0.6) is 0 Å². The van der Waals surface area contributed by atoms with E-state index in [1.165, 1.54) is 7.05 Å². The van der Waals surface area contributed by atoms with E-state index in [9.17, 15) is 14.4 Å². The van der Waals surface area contributed by atoms with E-state index in [2.05, 4.69) is 0 Å². The third-order valence-corrected chi connectivity index (χ3v) is 3.72. The molecule has 0 aromatic heterocycles. The van der Waals surface area contributed by atoms with Gasteiger partial charge >= 0.3 is 6.09 Å². The number of hydroxylamine groups is 2. The molecule has 7 nitrogen and oxygen atoms in total. The Kier molecular flexibility index (Phi) is 4.42. The highest BCUT2D eigenvalue weighted by molar-refractivity contribution is 6.20. The van der Waals surface area contributed by atoms with Gasteiger partial charge in [0, 0.05) is 7.05 Å². The van der Waals surface area contributed by atoms with Crippen molar-refractivity contribution in [3.8, 4) is 0 Å². The van der Waals surface area contributed by atoms with Crippen LogP contribution in [-0.2, 0) is 4.84 Å². The van der Waals surface area contributed by atoms with Gasteiger partial charge < -0.3 is 10.0 Å². The lowest BCUT2D eigenvalue weighted by Gasteiger charge is -2.34. The molecule has 1 aliphatic rings. The van der Waals surface area contributed by atoms with Crippen molar-refractivity contribution < 1.29 is 24.3 Å². The lowest BCUT2D eigenvalue weighted by Crippen LogP contribution is -2.46. The normalized spacial score (nSPS) is 15.6. The topological polar surface area (TPSA) is 87.2 Å². The van der Waals surface area contributed by atoms with Gasteiger partial charge in [0.15, 0.2) is 0 Å². The van der Waals surface area contributed by atoms with E-state index in [-0.39, 0.29) is 17.7 Å². The Labute approximate surface area is 134 Å². The molecule has 0 saturated carbocycles. The number of amides is 3. The van der Waals surface area contributed by atoms with Crippen LogP contribution in [0.2, 0.25) is 0 Å². The molecule has 0 spiro atoms. The summed E-state index contributed by atoms with van der Waals surface area (Å²) < 4.78 is 0. The monoisotopic (exact) mass is 320 g/mol. The van der Waals surface area contributed by atoms with Gasteiger partial charge in [0.2, 0.25) is 0 Å². The molecule has 3 amide bonds. The van der Waals surface area contributed by atoms with Crippen molar-refractivity contribution in [1.29, 1.82) is 0 Å². The van der Waals surface area contributed by atoms with Crippen LogP contribution in [0.4, 0.5) is 4.79 Å². The number of nitrogens with zero attached hydrogens (tertiary/aromatic N) is 2. The zero-order valence-electron chi connectivity index (χ0n) is 13.6. The van der Waals surface area contributed by atoms with Gasteiger partial charge in [0.25, 0.3) is 11.8 Å². The molecule has 1 N–H and O–H groups in total. The number of carbonyl (C=O) groups is 3. The van der Waals surface area contributed by atoms with Crippen LogP contribution in [0.1, 0.15) is 41.5 Å². The van der Waals surface area contributed by atoms with E-state index >= 15 is 0 Å². The van der Waals surface area contributed by atoms with Gasteiger partial charge in [0.1, 0.15) is 6.10 Å². The van der Waals surface area contributed by atoms with Gasteiger partial charge in [-0.15, -0.1) is 5.06 Å². The summed E-state index contributed by atoms with van der Waals surface area (Å²) in [5.74, 6) is -1.06. The predicted octanol–water partition coefficient (Wildman–Crippen LogP) is 2.24. The first-order valence-corrected chi connectivity index (χ1v) is 7.21. The molecule has 1 aliphatic heterocycles. The molecule has 1 aromatic carbocycles. The molecule has 0 radical (unpaired) electrons. The van der Waals surface area contributed by atoms with E-state index in [1.807, 2.05) is 20.8 Å². The number of likely N-dealkylation sites (N-methyl/N-ethyl adjacent to an activating group) is 1. The molecule has 0 fully saturated rings. The zero-order valence-corrected chi connectivity index (χ0v) is 13.6. The zero-order chi connectivity index (χ0) is 17.4. The van der Waals surface area contributed by atoms with Gasteiger partial charge in [-0.1, -0.05) is 32.9 Å². The van der Waals surface area contributed by atoms with Crippen molar-refractivity contribution >= 4 is 17.9 Å². The van der Waals surface area contributed by atoms with Crippen molar-refractivity contribution in [2.45, 2.75) is 26.9 Å². The predicted molar refractivity (Wildman–Crippen MR) is 81.9 cm³/mol. The minimum absolute atomic E-state index is 0.0340. The molecule has 1 aromatic rings. The molecular weight excluding hydrogens is 300 g/mol. The fourth-order valence-corrected chi connectivity index (χ4v) is 2.18. The lowest BCUT2D eigenvalue weighted by atomic mass is 9.89. The number of carboxylic acid groups (broad SMARTS) is 1. The Morgan fingerprint density at radius 1 is 1.22 bits per heavy atom. The molecule has 124 valence electrons. The minimum atomic E-state index is -1.11. The number of imide groups is 1. The number of hydrogen-bond acceptors (Lipinski definition) is 4. The Balaban J connectivity index is 2.23. The van der Waals surface area contributed by atoms with Crippen molar-refractivity contribution in [2.75, 3.05) is 13.6 Å². The first-order chi connectivity index (χ1) is 10.6. The van der Waals surface area contributed by atoms with E-state index in [1.54, 1.807) is 24.3 Å². The van der Waals surface area contributed by atoms with E-state index < -0.39 is 29.4 Å². The lowest BCUT2D eigenvalue weighted by molar-refractivity contribution is -0.166. The number of benzene rings is 1. The van der Waals surface area contributed by atoms with Crippen molar-refractivity contribution in [2.24, 2.45) is 5.41 Å². The highest BCUT2D eigenvalue weighted by Gasteiger charge is 2.40. The van der Waals surface area contributed by atoms with E-state index in [4.69, 9.17) is 9.94 Å². The fourth-order valence-electron chi connectivity index (χ4n) is 2.18. The number of fused-ring (bicyclic) bond motifs is 1. The Morgan fingerprint density at radius 3 is 2.09 bits per heavy atom. The molecule has 1 atom stereocenters. The van der Waals surface area contributed by atoms with Crippen LogP contribution in [0.25, 0.3) is 0 Å². The van der Waals surface area contributed by atoms with Crippen molar-refractivity contribution in [3.05, 3.63) is 35.4 Å². The summed E-state index contributed by atoms with van der Waals surface area (Å²) in [6.07, 6.45) is -1.77. The maximum atomic E-state index is 12.3. The van der Waals surface area contributed by atoms with E-state index in [0.29, 0.717) is 0 Å². The first-order valence-electron chi connectivity index (χ1n) is 7.21. The van der Waals surface area contributed by atoms with Gasteiger partial charge in [-0.2, -0.15) is 0 Å². The maximum absolute atomic E-state index is 12.3. The average Bonchev–Trinajstić information content (AvgIpc) is 2.70. The second-order valence-electron chi connectivity index (χ2n) is 6.57.